The summed E-state index contributed by atoms with van der Waals surface area (Å²) >= 11 is 6.06. The third-order valence-corrected chi connectivity index (χ3v) is 8.43. The molecule has 1 aliphatic carbocycles. The van der Waals surface area contributed by atoms with Gasteiger partial charge in [-0.1, -0.05) is 11.6 Å². The highest BCUT2D eigenvalue weighted by atomic mass is 35.5. The summed E-state index contributed by atoms with van der Waals surface area (Å²) in [5.74, 6) is -0.332. The van der Waals surface area contributed by atoms with Crippen molar-refractivity contribution in [3.63, 3.8) is 0 Å². The van der Waals surface area contributed by atoms with E-state index in [2.05, 4.69) is 19.9 Å². The van der Waals surface area contributed by atoms with Gasteiger partial charge in [-0.05, 0) is 44.1 Å². The van der Waals surface area contributed by atoms with Crippen LogP contribution in [-0.2, 0) is 20.0 Å². The first-order valence-electron chi connectivity index (χ1n) is 9.87. The first-order chi connectivity index (χ1) is 14.8. The Morgan fingerprint density at radius 1 is 1.35 bits per heavy atom. The normalized spacial score (nSPS) is 22.2. The molecule has 0 saturated heterocycles. The molecule has 0 aromatic carbocycles. The van der Waals surface area contributed by atoms with Crippen LogP contribution in [0.25, 0.3) is 22.4 Å². The molecule has 31 heavy (non-hydrogen) atoms. The van der Waals surface area contributed by atoms with Gasteiger partial charge < -0.3 is 19.1 Å². The van der Waals surface area contributed by atoms with Gasteiger partial charge in [-0.3, -0.25) is 4.57 Å². The Hall–Kier alpha value is -1.90. The lowest BCUT2D eigenvalue weighted by molar-refractivity contribution is 0.0256. The molecule has 1 fully saturated rings. The zero-order chi connectivity index (χ0) is 22.2. The van der Waals surface area contributed by atoms with E-state index in [0.717, 1.165) is 18.0 Å². The minimum atomic E-state index is -3.70. The quantitative estimate of drug-likeness (QED) is 0.503. The minimum absolute atomic E-state index is 0.145. The molecular weight excluding hydrogens is 446 g/mol. The third kappa shape index (κ3) is 4.13. The van der Waals surface area contributed by atoms with Gasteiger partial charge in [-0.15, -0.1) is 0 Å². The fourth-order valence-corrected chi connectivity index (χ4v) is 6.19. The van der Waals surface area contributed by atoms with Crippen molar-refractivity contribution in [2.45, 2.75) is 37.4 Å². The molecule has 3 aromatic rings. The number of rotatable bonds is 6. The van der Waals surface area contributed by atoms with E-state index in [-0.39, 0.29) is 24.5 Å². The number of aromatic amines is 1. The summed E-state index contributed by atoms with van der Waals surface area (Å²) in [6.45, 7) is 0. The van der Waals surface area contributed by atoms with Gasteiger partial charge in [0, 0.05) is 37.6 Å². The van der Waals surface area contributed by atoms with Gasteiger partial charge in [0.05, 0.1) is 16.9 Å². The topological polar surface area (TPSA) is 110 Å². The number of pyridine rings is 1. The first-order valence-corrected chi connectivity index (χ1v) is 11.8. The number of H-pyrrole nitrogens is 1. The van der Waals surface area contributed by atoms with E-state index >= 15 is 0 Å². The number of aromatic nitrogens is 4. The minimum Gasteiger partial charge on any atom is -0.377 e. The van der Waals surface area contributed by atoms with Gasteiger partial charge in [0.15, 0.2) is 17.0 Å². The average Bonchev–Trinajstić information content (AvgIpc) is 3.17. The maximum absolute atomic E-state index is 14.6. The van der Waals surface area contributed by atoms with Crippen LogP contribution in [0.4, 0.5) is 4.39 Å². The second kappa shape index (κ2) is 8.56. The third-order valence-electron chi connectivity index (χ3n) is 5.83. The van der Waals surface area contributed by atoms with E-state index in [0.29, 0.717) is 34.9 Å². The molecule has 2 N–H and O–H groups in total. The summed E-state index contributed by atoms with van der Waals surface area (Å²) in [4.78, 5) is 15.8. The van der Waals surface area contributed by atoms with Crippen molar-refractivity contribution in [3.8, 4) is 11.4 Å². The van der Waals surface area contributed by atoms with Crippen LogP contribution < -0.4 is 0 Å². The van der Waals surface area contributed by atoms with Crippen molar-refractivity contribution < 1.29 is 23.1 Å². The average molecular weight is 469 g/mol. The van der Waals surface area contributed by atoms with Crippen molar-refractivity contribution in [2.75, 3.05) is 14.2 Å². The number of hydrogen-bond donors (Lipinski definition) is 2. The second-order valence-electron chi connectivity index (χ2n) is 7.75. The van der Waals surface area contributed by atoms with Crippen molar-refractivity contribution in [2.24, 2.45) is 5.92 Å². The number of nitrogens with zero attached hydrogens (tertiary/aromatic N) is 3. The summed E-state index contributed by atoms with van der Waals surface area (Å²) in [6, 6.07) is 1.75. The number of halogens is 2. The summed E-state index contributed by atoms with van der Waals surface area (Å²) in [5.41, 5.74) is 1.52. The van der Waals surface area contributed by atoms with E-state index < -0.39 is 18.8 Å². The fourth-order valence-electron chi connectivity index (χ4n) is 4.29. The smallest absolute Gasteiger partial charge is 0.361 e. The molecule has 0 unspecified atom stereocenters. The molecular formula is C20H23ClFN4O4P. The van der Waals surface area contributed by atoms with Crippen LogP contribution in [0.3, 0.4) is 0 Å². The molecule has 3 aromatic heterocycles. The molecule has 8 nitrogen and oxygen atoms in total. The van der Waals surface area contributed by atoms with Crippen LogP contribution in [0.1, 0.15) is 31.4 Å². The molecule has 1 saturated carbocycles. The maximum atomic E-state index is 14.6. The highest BCUT2D eigenvalue weighted by molar-refractivity contribution is 7.55. The zero-order valence-corrected chi connectivity index (χ0v) is 18.8. The van der Waals surface area contributed by atoms with Crippen molar-refractivity contribution >= 4 is 30.2 Å². The van der Waals surface area contributed by atoms with Crippen LogP contribution >= 0.6 is 19.2 Å². The molecule has 3 heterocycles. The fraction of sp³-hybridized carbons (Fsp3) is 0.450. The Labute approximate surface area is 183 Å². The second-order valence-corrected chi connectivity index (χ2v) is 10.7. The van der Waals surface area contributed by atoms with Crippen LogP contribution in [0.2, 0.25) is 5.02 Å². The molecule has 0 spiro atoms. The molecule has 1 aliphatic rings. The molecule has 0 aliphatic heterocycles. The van der Waals surface area contributed by atoms with Gasteiger partial charge in [0.25, 0.3) is 0 Å². The predicted octanol–water partition coefficient (Wildman–Crippen LogP) is 4.72. The first kappa shape index (κ1) is 22.3. The molecule has 166 valence electrons. The van der Waals surface area contributed by atoms with Gasteiger partial charge in [0.2, 0.25) is 0 Å². The Bertz CT molecular complexity index is 1150. The van der Waals surface area contributed by atoms with E-state index in [1.54, 1.807) is 12.3 Å². The van der Waals surface area contributed by atoms with Crippen LogP contribution in [0, 0.1) is 11.7 Å². The summed E-state index contributed by atoms with van der Waals surface area (Å²) in [5, 5.41) is 10.6. The monoisotopic (exact) mass is 468 g/mol. The summed E-state index contributed by atoms with van der Waals surface area (Å²) in [6.07, 6.45) is 6.45. The van der Waals surface area contributed by atoms with Crippen molar-refractivity contribution in [3.05, 3.63) is 41.2 Å². The number of hydrogen-bond acceptors (Lipinski definition) is 7. The highest BCUT2D eigenvalue weighted by Gasteiger charge is 2.51. The lowest BCUT2D eigenvalue weighted by Gasteiger charge is -2.39. The zero-order valence-electron chi connectivity index (χ0n) is 17.1. The van der Waals surface area contributed by atoms with Gasteiger partial charge in [-0.2, -0.15) is 0 Å². The van der Waals surface area contributed by atoms with Crippen molar-refractivity contribution in [1.29, 1.82) is 0 Å². The maximum Gasteiger partial charge on any atom is 0.361 e. The summed E-state index contributed by atoms with van der Waals surface area (Å²) in [7, 11) is -1.19. The van der Waals surface area contributed by atoms with Crippen LogP contribution in [0.15, 0.2) is 24.7 Å². The number of fused-ring (bicyclic) bond motifs is 1. The highest BCUT2D eigenvalue weighted by Crippen LogP contribution is 2.63. The molecule has 0 amide bonds. The summed E-state index contributed by atoms with van der Waals surface area (Å²) < 4.78 is 37.5. The van der Waals surface area contributed by atoms with Gasteiger partial charge >= 0.3 is 7.60 Å². The van der Waals surface area contributed by atoms with Gasteiger partial charge in [-0.25, -0.2) is 19.3 Å². The molecule has 0 bridgehead atoms. The Balaban J connectivity index is 1.62. The van der Waals surface area contributed by atoms with Crippen LogP contribution in [-0.4, -0.2) is 44.6 Å². The van der Waals surface area contributed by atoms with Crippen LogP contribution in [0.5, 0.6) is 0 Å². The van der Waals surface area contributed by atoms with E-state index in [1.165, 1.54) is 20.4 Å². The SMILES string of the molecule is COP(=O)(OC)[C@@]1(O)CCC[C@H](Cc2nc(-c3c[nH]c4ncc(Cl)cc34)ncc2F)C1. The number of aliphatic hydroxyl groups is 1. The lowest BCUT2D eigenvalue weighted by atomic mass is 9.84. The molecule has 0 radical (unpaired) electrons. The molecule has 11 heteroatoms. The van der Waals surface area contributed by atoms with Gasteiger partial charge in [0.1, 0.15) is 5.65 Å². The number of nitrogens with one attached hydrogen (secondary N) is 1. The lowest BCUT2D eigenvalue weighted by Crippen LogP contribution is -2.37. The predicted molar refractivity (Wildman–Crippen MR) is 114 cm³/mol. The Morgan fingerprint density at radius 3 is 2.87 bits per heavy atom. The molecule has 4 rings (SSSR count). The van der Waals surface area contributed by atoms with E-state index in [4.69, 9.17) is 20.6 Å². The Kier molecular flexibility index (Phi) is 6.16. The van der Waals surface area contributed by atoms with E-state index in [1.807, 2.05) is 0 Å². The van der Waals surface area contributed by atoms with E-state index in [9.17, 15) is 14.1 Å². The van der Waals surface area contributed by atoms with Crippen molar-refractivity contribution in [1.82, 2.24) is 19.9 Å². The molecule has 2 atom stereocenters. The Morgan fingerprint density at radius 2 is 2.13 bits per heavy atom. The largest absolute Gasteiger partial charge is 0.377 e. The standard InChI is InChI=1S/C20H23ClFN4O4P/c1-29-31(28,30-2)20(27)5-3-4-12(8-20)6-17-16(22)11-25-19(26-17)15-10-24-18-14(15)7-13(21)9-23-18/h7,9-12,27H,3-6,8H2,1-2H3,(H,23,24)/t12-,20+/m1/s1.